The van der Waals surface area contributed by atoms with E-state index in [2.05, 4.69) is 9.98 Å². The lowest BCUT2D eigenvalue weighted by atomic mass is 9.72. The van der Waals surface area contributed by atoms with Gasteiger partial charge in [0.2, 0.25) is 0 Å². The molecular formula is C22H32N2O4. The van der Waals surface area contributed by atoms with Crippen LogP contribution in [-0.2, 0) is 9.59 Å². The van der Waals surface area contributed by atoms with Gasteiger partial charge in [-0.2, -0.15) is 0 Å². The fourth-order valence-corrected chi connectivity index (χ4v) is 4.10. The third kappa shape index (κ3) is 4.78. The first-order valence-corrected chi connectivity index (χ1v) is 9.73. The van der Waals surface area contributed by atoms with Gasteiger partial charge in [0.15, 0.2) is 11.6 Å². The van der Waals surface area contributed by atoms with E-state index in [0.717, 1.165) is 0 Å². The Morgan fingerprint density at radius 3 is 1.36 bits per heavy atom. The van der Waals surface area contributed by atoms with Gasteiger partial charge in [-0.15, -0.1) is 0 Å². The van der Waals surface area contributed by atoms with Crippen molar-refractivity contribution < 1.29 is 19.8 Å². The molecule has 6 nitrogen and oxygen atoms in total. The Balaban J connectivity index is 2.27. The van der Waals surface area contributed by atoms with E-state index in [9.17, 15) is 19.8 Å². The summed E-state index contributed by atoms with van der Waals surface area (Å²) in [6.45, 7) is 8.01. The van der Waals surface area contributed by atoms with Gasteiger partial charge in [0.1, 0.15) is 11.5 Å². The highest BCUT2D eigenvalue weighted by Crippen LogP contribution is 2.37. The number of aliphatic imine (C=N–C) groups is 2. The van der Waals surface area contributed by atoms with Crippen molar-refractivity contribution >= 4 is 23.0 Å². The largest absolute Gasteiger partial charge is 0.511 e. The molecule has 2 saturated carbocycles. The zero-order valence-electron chi connectivity index (χ0n) is 17.8. The van der Waals surface area contributed by atoms with Crippen LogP contribution in [0, 0.1) is 10.8 Å². The van der Waals surface area contributed by atoms with E-state index in [4.69, 9.17) is 0 Å². The molecule has 0 heterocycles. The van der Waals surface area contributed by atoms with Crippen LogP contribution < -0.4 is 0 Å². The van der Waals surface area contributed by atoms with Crippen LogP contribution in [0.1, 0.15) is 66.2 Å². The molecule has 2 aliphatic rings. The van der Waals surface area contributed by atoms with Crippen molar-refractivity contribution in [2.75, 3.05) is 14.1 Å². The Hall–Kier alpha value is -2.24. The summed E-state index contributed by atoms with van der Waals surface area (Å²) in [6, 6.07) is 0. The zero-order valence-corrected chi connectivity index (χ0v) is 17.8. The van der Waals surface area contributed by atoms with E-state index in [1.54, 1.807) is 14.1 Å². The smallest absolute Gasteiger partial charge is 0.168 e. The van der Waals surface area contributed by atoms with Crippen LogP contribution in [0.15, 0.2) is 32.6 Å². The second kappa shape index (κ2) is 8.02. The van der Waals surface area contributed by atoms with Gasteiger partial charge < -0.3 is 10.2 Å². The molecular weight excluding hydrogens is 356 g/mol. The highest BCUT2D eigenvalue weighted by atomic mass is 16.3. The van der Waals surface area contributed by atoms with E-state index in [1.165, 1.54) is 0 Å². The van der Waals surface area contributed by atoms with E-state index < -0.39 is 0 Å². The molecule has 6 heteroatoms. The van der Waals surface area contributed by atoms with Gasteiger partial charge in [0.25, 0.3) is 0 Å². The van der Waals surface area contributed by atoms with Gasteiger partial charge in [0.05, 0.1) is 11.1 Å². The Morgan fingerprint density at radius 1 is 0.750 bits per heavy atom. The van der Waals surface area contributed by atoms with Crippen molar-refractivity contribution in [2.24, 2.45) is 20.8 Å². The number of ketones is 2. The summed E-state index contributed by atoms with van der Waals surface area (Å²) in [5.41, 5.74) is 1.34. The topological polar surface area (TPSA) is 99.3 Å². The molecule has 0 aromatic rings. The second-order valence-electron chi connectivity index (χ2n) is 9.37. The molecule has 0 bridgehead atoms. The van der Waals surface area contributed by atoms with E-state index in [0.29, 0.717) is 37.1 Å². The van der Waals surface area contributed by atoms with Crippen LogP contribution >= 0.6 is 0 Å². The number of rotatable bonds is 3. The number of Topliss-reactive ketones (excluding diaryl/α,β-unsaturated/α-hetero) is 2. The minimum atomic E-state index is -0.187. The van der Waals surface area contributed by atoms with E-state index in [-0.39, 0.29) is 57.9 Å². The molecule has 0 saturated heterocycles. The van der Waals surface area contributed by atoms with Crippen molar-refractivity contribution in [1.29, 1.82) is 0 Å². The molecule has 2 fully saturated rings. The van der Waals surface area contributed by atoms with Gasteiger partial charge in [-0.3, -0.25) is 19.6 Å². The number of carbonyl (C=O) groups excluding carboxylic acids is 2. The predicted octanol–water partition coefficient (Wildman–Crippen LogP) is 4.31. The normalized spacial score (nSPS) is 28.6. The number of aliphatic hydroxyl groups is 2. The molecule has 0 spiro atoms. The molecule has 0 amide bonds. The van der Waals surface area contributed by atoms with Gasteiger partial charge >= 0.3 is 0 Å². The summed E-state index contributed by atoms with van der Waals surface area (Å²) >= 11 is 0. The quantitative estimate of drug-likeness (QED) is 0.556. The SMILES string of the molecule is CN=C1CC(C)(C)CC(=O)C1=C(O)CCC(O)=C1C(=O)CC(C)(C)CC1=NC. The third-order valence-corrected chi connectivity index (χ3v) is 5.42. The molecule has 2 aliphatic carbocycles. The Kier molecular flexibility index (Phi) is 6.31. The van der Waals surface area contributed by atoms with Crippen molar-refractivity contribution in [3.05, 3.63) is 22.7 Å². The first-order chi connectivity index (χ1) is 12.9. The molecule has 2 N–H and O–H groups in total. The molecule has 2 rings (SSSR count). The first-order valence-electron chi connectivity index (χ1n) is 9.73. The minimum absolute atomic E-state index is 0.0729. The van der Waals surface area contributed by atoms with E-state index in [1.807, 2.05) is 27.7 Å². The van der Waals surface area contributed by atoms with Crippen molar-refractivity contribution in [3.8, 4) is 0 Å². The zero-order chi connectivity index (χ0) is 21.3. The molecule has 0 atom stereocenters. The molecule has 0 aromatic carbocycles. The Bertz CT molecular complexity index is 742. The van der Waals surface area contributed by atoms with Crippen LogP contribution in [0.2, 0.25) is 0 Å². The molecule has 154 valence electrons. The van der Waals surface area contributed by atoms with E-state index >= 15 is 0 Å². The predicted molar refractivity (Wildman–Crippen MR) is 111 cm³/mol. The van der Waals surface area contributed by atoms with Gasteiger partial charge in [-0.25, -0.2) is 0 Å². The lowest BCUT2D eigenvalue weighted by Gasteiger charge is -2.31. The summed E-state index contributed by atoms with van der Waals surface area (Å²) in [5, 5.41) is 21.1. The number of allylic oxidation sites excluding steroid dienone is 4. The summed E-state index contributed by atoms with van der Waals surface area (Å²) < 4.78 is 0. The average molecular weight is 389 g/mol. The van der Waals surface area contributed by atoms with Crippen LogP contribution in [0.3, 0.4) is 0 Å². The van der Waals surface area contributed by atoms with Crippen LogP contribution in [0.5, 0.6) is 0 Å². The number of nitrogens with zero attached hydrogens (tertiary/aromatic N) is 2. The number of hydrogen-bond donors (Lipinski definition) is 2. The lowest BCUT2D eigenvalue weighted by Crippen LogP contribution is -2.33. The van der Waals surface area contributed by atoms with Crippen molar-refractivity contribution in [3.63, 3.8) is 0 Å². The third-order valence-electron chi connectivity index (χ3n) is 5.42. The van der Waals surface area contributed by atoms with Gasteiger partial charge in [-0.1, -0.05) is 27.7 Å². The summed E-state index contributed by atoms with van der Waals surface area (Å²) in [4.78, 5) is 33.5. The fourth-order valence-electron chi connectivity index (χ4n) is 4.10. The molecule has 0 aromatic heterocycles. The number of hydrogen-bond acceptors (Lipinski definition) is 6. The van der Waals surface area contributed by atoms with Gasteiger partial charge in [0, 0.05) is 51.2 Å². The average Bonchev–Trinajstić information content (AvgIpc) is 2.56. The standard InChI is InChI=1S/C22H32N2O4/c1-21(2)9-13(23-5)19(17(27)11-21)15(25)7-8-16(26)20-14(24-6)10-22(3,4)12-18(20)28/h25-26H,7-12H2,1-6H3. The van der Waals surface area contributed by atoms with Crippen LogP contribution in [0.25, 0.3) is 0 Å². The maximum Gasteiger partial charge on any atom is 0.168 e. The Labute approximate surface area is 167 Å². The van der Waals surface area contributed by atoms with Crippen molar-refractivity contribution in [2.45, 2.75) is 66.2 Å². The minimum Gasteiger partial charge on any atom is -0.511 e. The summed E-state index contributed by atoms with van der Waals surface area (Å²) in [6.07, 6.45) is 2.06. The highest BCUT2D eigenvalue weighted by molar-refractivity contribution is 6.25. The molecule has 0 aliphatic heterocycles. The van der Waals surface area contributed by atoms with Crippen LogP contribution in [-0.4, -0.2) is 47.3 Å². The monoisotopic (exact) mass is 388 g/mol. The van der Waals surface area contributed by atoms with Crippen LogP contribution in [0.4, 0.5) is 0 Å². The fraction of sp³-hybridized carbons (Fsp3) is 0.636. The Morgan fingerprint density at radius 2 is 1.07 bits per heavy atom. The molecule has 0 radical (unpaired) electrons. The van der Waals surface area contributed by atoms with Crippen molar-refractivity contribution in [1.82, 2.24) is 0 Å². The number of carbonyl (C=O) groups is 2. The number of aliphatic hydroxyl groups excluding tert-OH is 2. The first kappa shape index (κ1) is 22.1. The highest BCUT2D eigenvalue weighted by Gasteiger charge is 2.37. The summed E-state index contributed by atoms with van der Waals surface area (Å²) in [5.74, 6) is -0.417. The maximum absolute atomic E-state index is 12.5. The molecule has 0 unspecified atom stereocenters. The molecule has 28 heavy (non-hydrogen) atoms. The second-order valence-corrected chi connectivity index (χ2v) is 9.37. The lowest BCUT2D eigenvalue weighted by molar-refractivity contribution is -0.118. The van der Waals surface area contributed by atoms with Gasteiger partial charge in [-0.05, 0) is 23.7 Å². The summed E-state index contributed by atoms with van der Waals surface area (Å²) in [7, 11) is 3.23. The maximum atomic E-state index is 12.5.